The SMILES string of the molecule is C=CCN(C(=O)COC(=O)c1c(F)cccc1F)c1nc(-c2ccccc2)cs1. The summed E-state index contributed by atoms with van der Waals surface area (Å²) in [5.41, 5.74) is 0.747. The predicted molar refractivity (Wildman–Crippen MR) is 107 cm³/mol. The first-order valence-electron chi connectivity index (χ1n) is 8.54. The van der Waals surface area contributed by atoms with Crippen molar-refractivity contribution < 1.29 is 23.1 Å². The monoisotopic (exact) mass is 414 g/mol. The predicted octanol–water partition coefficient (Wildman–Crippen LogP) is 4.46. The van der Waals surface area contributed by atoms with Gasteiger partial charge in [0.2, 0.25) is 0 Å². The van der Waals surface area contributed by atoms with E-state index >= 15 is 0 Å². The Kier molecular flexibility index (Phi) is 6.46. The van der Waals surface area contributed by atoms with Gasteiger partial charge in [0.05, 0.1) is 5.69 Å². The maximum absolute atomic E-state index is 13.7. The molecule has 0 N–H and O–H groups in total. The summed E-state index contributed by atoms with van der Waals surface area (Å²) in [7, 11) is 0. The van der Waals surface area contributed by atoms with Gasteiger partial charge >= 0.3 is 5.97 Å². The van der Waals surface area contributed by atoms with Crippen LogP contribution in [0.1, 0.15) is 10.4 Å². The van der Waals surface area contributed by atoms with Crippen molar-refractivity contribution >= 4 is 28.3 Å². The second kappa shape index (κ2) is 9.20. The molecule has 0 aliphatic rings. The summed E-state index contributed by atoms with van der Waals surface area (Å²) < 4.78 is 32.2. The lowest BCUT2D eigenvalue weighted by molar-refractivity contribution is -0.121. The molecule has 29 heavy (non-hydrogen) atoms. The number of nitrogens with zero attached hydrogens (tertiary/aromatic N) is 2. The van der Waals surface area contributed by atoms with E-state index in [0.29, 0.717) is 10.8 Å². The average molecular weight is 414 g/mol. The standard InChI is InChI=1S/C21H16F2N2O3S/c1-2-11-25(21-24-17(13-29-21)14-7-4-3-5-8-14)18(26)12-28-20(27)19-15(22)9-6-10-16(19)23/h2-10,13H,1,11-12H2. The zero-order valence-corrected chi connectivity index (χ0v) is 16.0. The number of carbonyl (C=O) groups is 2. The summed E-state index contributed by atoms with van der Waals surface area (Å²) >= 11 is 1.24. The van der Waals surface area contributed by atoms with Crippen LogP contribution in [-0.4, -0.2) is 30.0 Å². The molecule has 1 heterocycles. The van der Waals surface area contributed by atoms with Crippen LogP contribution in [0.3, 0.4) is 0 Å². The summed E-state index contributed by atoms with van der Waals surface area (Å²) in [6.45, 7) is 3.05. The Morgan fingerprint density at radius 1 is 1.10 bits per heavy atom. The first-order valence-corrected chi connectivity index (χ1v) is 9.42. The van der Waals surface area contributed by atoms with E-state index in [4.69, 9.17) is 4.74 Å². The Labute approximate surface area is 169 Å². The number of amides is 1. The minimum atomic E-state index is -1.25. The fourth-order valence-corrected chi connectivity index (χ4v) is 3.38. The fraction of sp³-hybridized carbons (Fsp3) is 0.0952. The first kappa shape index (κ1) is 20.3. The molecule has 1 amide bonds. The van der Waals surface area contributed by atoms with Crippen LogP contribution in [-0.2, 0) is 9.53 Å². The van der Waals surface area contributed by atoms with Crippen molar-refractivity contribution in [1.29, 1.82) is 0 Å². The lowest BCUT2D eigenvalue weighted by atomic mass is 10.2. The lowest BCUT2D eigenvalue weighted by Gasteiger charge is -2.18. The number of ether oxygens (including phenoxy) is 1. The number of halogens is 2. The minimum absolute atomic E-state index is 0.131. The maximum Gasteiger partial charge on any atom is 0.344 e. The maximum atomic E-state index is 13.7. The molecule has 0 aliphatic heterocycles. The highest BCUT2D eigenvalue weighted by atomic mass is 32.1. The van der Waals surface area contributed by atoms with Crippen LogP contribution in [0.2, 0.25) is 0 Å². The lowest BCUT2D eigenvalue weighted by Crippen LogP contribution is -2.35. The van der Waals surface area contributed by atoms with E-state index in [2.05, 4.69) is 11.6 Å². The van der Waals surface area contributed by atoms with Gasteiger partial charge in [-0.25, -0.2) is 18.6 Å². The van der Waals surface area contributed by atoms with Gasteiger partial charge < -0.3 is 4.74 Å². The third-order valence-electron chi connectivity index (χ3n) is 3.90. The van der Waals surface area contributed by atoms with Crippen molar-refractivity contribution in [1.82, 2.24) is 4.98 Å². The highest BCUT2D eigenvalue weighted by Crippen LogP contribution is 2.27. The fourth-order valence-electron chi connectivity index (χ4n) is 2.52. The van der Waals surface area contributed by atoms with E-state index in [-0.39, 0.29) is 6.54 Å². The Bertz CT molecular complexity index is 1020. The largest absolute Gasteiger partial charge is 0.452 e. The van der Waals surface area contributed by atoms with Gasteiger partial charge in [0, 0.05) is 17.5 Å². The van der Waals surface area contributed by atoms with Crippen molar-refractivity contribution in [2.24, 2.45) is 0 Å². The molecule has 0 aliphatic carbocycles. The van der Waals surface area contributed by atoms with Crippen LogP contribution in [0.5, 0.6) is 0 Å². The molecule has 0 atom stereocenters. The highest BCUT2D eigenvalue weighted by Gasteiger charge is 2.23. The molecular formula is C21H16F2N2O3S. The summed E-state index contributed by atoms with van der Waals surface area (Å²) in [4.78, 5) is 30.3. The Morgan fingerprint density at radius 2 is 1.79 bits per heavy atom. The molecule has 8 heteroatoms. The molecule has 148 valence electrons. The highest BCUT2D eigenvalue weighted by molar-refractivity contribution is 7.14. The number of esters is 1. The first-order chi connectivity index (χ1) is 14.0. The summed E-state index contributed by atoms with van der Waals surface area (Å²) in [6.07, 6.45) is 1.50. The molecule has 0 saturated heterocycles. The van der Waals surface area contributed by atoms with Gasteiger partial charge in [0.1, 0.15) is 17.2 Å². The Hall–Kier alpha value is -3.39. The third-order valence-corrected chi connectivity index (χ3v) is 4.76. The molecule has 1 aromatic heterocycles. The zero-order valence-electron chi connectivity index (χ0n) is 15.2. The molecule has 5 nitrogen and oxygen atoms in total. The van der Waals surface area contributed by atoms with Crippen molar-refractivity contribution in [3.8, 4) is 11.3 Å². The van der Waals surface area contributed by atoms with Crippen LogP contribution >= 0.6 is 11.3 Å². The molecule has 3 aromatic rings. The van der Waals surface area contributed by atoms with E-state index in [0.717, 1.165) is 23.8 Å². The molecule has 0 saturated carbocycles. The molecule has 0 fully saturated rings. The molecule has 0 bridgehead atoms. The second-order valence-corrected chi connectivity index (χ2v) is 6.68. The van der Waals surface area contributed by atoms with Crippen molar-refractivity contribution in [3.63, 3.8) is 0 Å². The van der Waals surface area contributed by atoms with Gasteiger partial charge in [-0.2, -0.15) is 0 Å². The van der Waals surface area contributed by atoms with Gasteiger partial charge in [-0.15, -0.1) is 17.9 Å². The van der Waals surface area contributed by atoms with Crippen LogP contribution in [0.25, 0.3) is 11.3 Å². The van der Waals surface area contributed by atoms with Crippen LogP contribution < -0.4 is 4.90 Å². The number of thiazole rings is 1. The minimum Gasteiger partial charge on any atom is -0.452 e. The summed E-state index contributed by atoms with van der Waals surface area (Å²) in [5, 5.41) is 2.19. The number of hydrogen-bond donors (Lipinski definition) is 0. The number of carbonyl (C=O) groups excluding carboxylic acids is 2. The normalized spacial score (nSPS) is 10.4. The van der Waals surface area contributed by atoms with Crippen molar-refractivity contribution in [2.45, 2.75) is 0 Å². The van der Waals surface area contributed by atoms with Crippen LogP contribution in [0, 0.1) is 11.6 Å². The Morgan fingerprint density at radius 3 is 2.45 bits per heavy atom. The average Bonchev–Trinajstić information content (AvgIpc) is 3.20. The quantitative estimate of drug-likeness (QED) is 0.423. The zero-order chi connectivity index (χ0) is 20.8. The van der Waals surface area contributed by atoms with Crippen molar-refractivity contribution in [2.75, 3.05) is 18.1 Å². The summed E-state index contributed by atoms with van der Waals surface area (Å²) in [6, 6.07) is 12.4. The third kappa shape index (κ3) is 4.72. The molecule has 0 radical (unpaired) electrons. The topological polar surface area (TPSA) is 59.5 Å². The molecule has 2 aromatic carbocycles. The number of benzene rings is 2. The molecular weight excluding hydrogens is 398 g/mol. The number of aromatic nitrogens is 1. The summed E-state index contributed by atoms with van der Waals surface area (Å²) in [5.74, 6) is -3.96. The number of hydrogen-bond acceptors (Lipinski definition) is 5. The van der Waals surface area contributed by atoms with E-state index in [1.54, 1.807) is 5.38 Å². The van der Waals surface area contributed by atoms with Gasteiger partial charge in [-0.05, 0) is 12.1 Å². The van der Waals surface area contributed by atoms with E-state index in [1.807, 2.05) is 30.3 Å². The van der Waals surface area contributed by atoms with Gasteiger partial charge in [-0.3, -0.25) is 9.69 Å². The Balaban J connectivity index is 1.73. The molecule has 3 rings (SSSR count). The number of rotatable bonds is 7. The van der Waals surface area contributed by atoms with Gasteiger partial charge in [0.15, 0.2) is 11.7 Å². The molecule has 0 spiro atoms. The second-order valence-electron chi connectivity index (χ2n) is 5.85. The van der Waals surface area contributed by atoms with E-state index in [1.165, 1.54) is 22.3 Å². The van der Waals surface area contributed by atoms with Gasteiger partial charge in [-0.1, -0.05) is 42.5 Å². The number of anilines is 1. The van der Waals surface area contributed by atoms with Crippen LogP contribution in [0.15, 0.2) is 66.6 Å². The van der Waals surface area contributed by atoms with Crippen LogP contribution in [0.4, 0.5) is 13.9 Å². The smallest absolute Gasteiger partial charge is 0.344 e. The molecule has 0 unspecified atom stereocenters. The van der Waals surface area contributed by atoms with E-state index < -0.39 is 35.7 Å². The van der Waals surface area contributed by atoms with Gasteiger partial charge in [0.25, 0.3) is 5.91 Å². The van der Waals surface area contributed by atoms with E-state index in [9.17, 15) is 18.4 Å². The van der Waals surface area contributed by atoms with Crippen molar-refractivity contribution in [3.05, 3.63) is 83.8 Å².